The standard InChI is InChI=1S/2C4H7NO6S/c5-4(8)2(1-3(6)7)12(9,10)11;5-3(6)1-2-4(7)11-12(8,9)10/h2H,1H2,(H2,5,8)(H,6,7)(H,9,10,11);1-2H2,(H2,5,6)(H,8,9,10). The van der Waals surface area contributed by atoms with Crippen molar-refractivity contribution in [1.29, 1.82) is 0 Å². The third-order valence-electron chi connectivity index (χ3n) is 1.81. The maximum atomic E-state index is 10.4. The number of carbonyl (C=O) groups excluding carboxylic acids is 3. The summed E-state index contributed by atoms with van der Waals surface area (Å²) in [5.41, 5.74) is 9.18. The van der Waals surface area contributed by atoms with E-state index in [2.05, 4.69) is 15.7 Å². The Hall–Kier alpha value is -2.30. The third kappa shape index (κ3) is 14.6. The SMILES string of the molecule is NC(=O)C(CC(=O)O)S(=O)(=O)O.NC(=O)CCC(=O)OS(=O)(=O)O. The van der Waals surface area contributed by atoms with Crippen LogP contribution in [0.5, 0.6) is 0 Å². The third-order valence-corrected chi connectivity index (χ3v) is 3.33. The Morgan fingerprint density at radius 2 is 1.42 bits per heavy atom. The van der Waals surface area contributed by atoms with Gasteiger partial charge in [-0.1, -0.05) is 0 Å². The second-order valence-electron chi connectivity index (χ2n) is 3.85. The summed E-state index contributed by atoms with van der Waals surface area (Å²) in [6.45, 7) is 0. The van der Waals surface area contributed by atoms with E-state index in [4.69, 9.17) is 14.2 Å². The molecule has 0 bridgehead atoms. The van der Waals surface area contributed by atoms with Gasteiger partial charge in [-0.15, -0.1) is 0 Å². The highest BCUT2D eigenvalue weighted by Crippen LogP contribution is 2.03. The van der Waals surface area contributed by atoms with Crippen LogP contribution in [0.4, 0.5) is 0 Å². The first-order valence-corrected chi connectivity index (χ1v) is 8.38. The summed E-state index contributed by atoms with van der Waals surface area (Å²) in [6.07, 6.45) is -1.84. The molecular weight excluding hydrogens is 380 g/mol. The smallest absolute Gasteiger partial charge is 0.448 e. The van der Waals surface area contributed by atoms with E-state index in [1.165, 1.54) is 0 Å². The zero-order valence-electron chi connectivity index (χ0n) is 11.7. The van der Waals surface area contributed by atoms with Gasteiger partial charge in [0.05, 0.1) is 12.8 Å². The van der Waals surface area contributed by atoms with Gasteiger partial charge in [0.15, 0.2) is 5.25 Å². The van der Waals surface area contributed by atoms with Gasteiger partial charge in [-0.3, -0.25) is 28.3 Å². The fourth-order valence-electron chi connectivity index (χ4n) is 0.896. The van der Waals surface area contributed by atoms with Gasteiger partial charge in [0.2, 0.25) is 11.8 Å². The Labute approximate surface area is 135 Å². The van der Waals surface area contributed by atoms with E-state index >= 15 is 0 Å². The van der Waals surface area contributed by atoms with Crippen molar-refractivity contribution in [3.05, 3.63) is 0 Å². The normalized spacial score (nSPS) is 12.2. The summed E-state index contributed by atoms with van der Waals surface area (Å²) in [5, 5.41) is 6.04. The Balaban J connectivity index is 0. The molecule has 16 heteroatoms. The summed E-state index contributed by atoms with van der Waals surface area (Å²) < 4.78 is 60.1. The van der Waals surface area contributed by atoms with Crippen molar-refractivity contribution in [1.82, 2.24) is 0 Å². The van der Waals surface area contributed by atoms with Gasteiger partial charge in [-0.25, -0.2) is 0 Å². The molecule has 0 radical (unpaired) electrons. The highest BCUT2D eigenvalue weighted by atomic mass is 32.3. The minimum atomic E-state index is -4.77. The number of amides is 2. The van der Waals surface area contributed by atoms with E-state index in [1.807, 2.05) is 0 Å². The van der Waals surface area contributed by atoms with E-state index < -0.39 is 62.4 Å². The predicted octanol–water partition coefficient (Wildman–Crippen LogP) is -3.20. The number of carbonyl (C=O) groups is 4. The molecule has 0 saturated carbocycles. The van der Waals surface area contributed by atoms with Gasteiger partial charge in [0.1, 0.15) is 0 Å². The lowest BCUT2D eigenvalue weighted by Gasteiger charge is -2.05. The van der Waals surface area contributed by atoms with Crippen molar-refractivity contribution in [2.45, 2.75) is 24.5 Å². The second-order valence-corrected chi connectivity index (χ2v) is 6.47. The molecule has 0 spiro atoms. The molecule has 24 heavy (non-hydrogen) atoms. The number of aliphatic carboxylic acids is 1. The van der Waals surface area contributed by atoms with Crippen LogP contribution in [0.25, 0.3) is 0 Å². The van der Waals surface area contributed by atoms with Gasteiger partial charge in [0.25, 0.3) is 10.1 Å². The van der Waals surface area contributed by atoms with E-state index in [9.17, 15) is 36.0 Å². The van der Waals surface area contributed by atoms with Crippen LogP contribution in [-0.4, -0.2) is 60.1 Å². The van der Waals surface area contributed by atoms with Crippen LogP contribution in [0.15, 0.2) is 0 Å². The molecule has 7 N–H and O–H groups in total. The number of primary amides is 2. The van der Waals surface area contributed by atoms with Crippen molar-refractivity contribution in [3.63, 3.8) is 0 Å². The zero-order chi connectivity index (χ0) is 19.7. The first kappa shape index (κ1) is 24.0. The molecule has 0 saturated heterocycles. The number of hydrogen-bond acceptors (Lipinski definition) is 9. The molecule has 14 nitrogen and oxygen atoms in total. The summed E-state index contributed by atoms with van der Waals surface area (Å²) in [4.78, 5) is 40.7. The largest absolute Gasteiger partial charge is 0.481 e. The Kier molecular flexibility index (Phi) is 9.74. The number of nitrogens with two attached hydrogens (primary N) is 2. The molecule has 1 unspecified atom stereocenters. The van der Waals surface area contributed by atoms with E-state index in [0.717, 1.165) is 0 Å². The summed E-state index contributed by atoms with van der Waals surface area (Å²) in [5.74, 6) is -4.91. The van der Waals surface area contributed by atoms with Crippen LogP contribution in [0.3, 0.4) is 0 Å². The highest BCUT2D eigenvalue weighted by Gasteiger charge is 2.31. The monoisotopic (exact) mass is 394 g/mol. The van der Waals surface area contributed by atoms with Gasteiger partial charge in [-0.2, -0.15) is 16.8 Å². The molecule has 0 fully saturated rings. The number of carboxylic acid groups (broad SMARTS) is 1. The first-order valence-electron chi connectivity index (χ1n) is 5.51. The van der Waals surface area contributed by atoms with Crippen LogP contribution in [0.1, 0.15) is 19.3 Å². The molecule has 0 aliphatic carbocycles. The van der Waals surface area contributed by atoms with Crippen molar-refractivity contribution in [3.8, 4) is 0 Å². The van der Waals surface area contributed by atoms with Crippen LogP contribution in [0.2, 0.25) is 0 Å². The highest BCUT2D eigenvalue weighted by molar-refractivity contribution is 7.87. The van der Waals surface area contributed by atoms with Crippen molar-refractivity contribution >= 4 is 44.3 Å². The van der Waals surface area contributed by atoms with Gasteiger partial charge >= 0.3 is 22.3 Å². The minimum absolute atomic E-state index is 0.325. The first-order chi connectivity index (χ1) is 10.6. The Morgan fingerprint density at radius 1 is 0.958 bits per heavy atom. The van der Waals surface area contributed by atoms with Crippen LogP contribution in [-0.2, 0) is 43.9 Å². The van der Waals surface area contributed by atoms with Crippen molar-refractivity contribution < 1.29 is 54.4 Å². The molecule has 0 aromatic heterocycles. The Bertz CT molecular complexity index is 693. The summed E-state index contributed by atoms with van der Waals surface area (Å²) in [6, 6.07) is 0. The van der Waals surface area contributed by atoms with E-state index in [1.54, 1.807) is 0 Å². The topological polar surface area (TPSA) is 259 Å². The molecule has 0 aliphatic heterocycles. The maximum absolute atomic E-state index is 10.4. The summed E-state index contributed by atoms with van der Waals surface area (Å²) in [7, 11) is -9.49. The molecule has 2 amide bonds. The molecule has 0 aromatic rings. The lowest BCUT2D eigenvalue weighted by atomic mass is 10.3. The van der Waals surface area contributed by atoms with Crippen LogP contribution < -0.4 is 11.5 Å². The zero-order valence-corrected chi connectivity index (χ0v) is 13.3. The average molecular weight is 394 g/mol. The predicted molar refractivity (Wildman–Crippen MR) is 72.9 cm³/mol. The fourth-order valence-corrected chi connectivity index (χ4v) is 1.86. The number of rotatable bonds is 8. The van der Waals surface area contributed by atoms with Crippen LogP contribution in [0, 0.1) is 0 Å². The lowest BCUT2D eigenvalue weighted by Crippen LogP contribution is -2.37. The Morgan fingerprint density at radius 3 is 1.62 bits per heavy atom. The summed E-state index contributed by atoms with van der Waals surface area (Å²) >= 11 is 0. The number of carboxylic acids is 1. The average Bonchev–Trinajstić information content (AvgIpc) is 2.30. The van der Waals surface area contributed by atoms with Gasteiger partial charge in [-0.05, 0) is 0 Å². The molecule has 1 atom stereocenters. The van der Waals surface area contributed by atoms with E-state index in [-0.39, 0.29) is 6.42 Å². The molecule has 0 aromatic carbocycles. The minimum Gasteiger partial charge on any atom is -0.481 e. The van der Waals surface area contributed by atoms with Gasteiger partial charge in [0, 0.05) is 6.42 Å². The molecular formula is C8H14N2O12S2. The maximum Gasteiger partial charge on any atom is 0.448 e. The van der Waals surface area contributed by atoms with E-state index in [0.29, 0.717) is 0 Å². The molecule has 0 rings (SSSR count). The van der Waals surface area contributed by atoms with Crippen molar-refractivity contribution in [2.75, 3.05) is 0 Å². The molecule has 0 heterocycles. The lowest BCUT2D eigenvalue weighted by molar-refractivity contribution is -0.138. The molecule has 0 aliphatic rings. The molecule has 140 valence electrons. The fraction of sp³-hybridized carbons (Fsp3) is 0.500. The van der Waals surface area contributed by atoms with Gasteiger partial charge < -0.3 is 20.8 Å². The van der Waals surface area contributed by atoms with Crippen molar-refractivity contribution in [2.24, 2.45) is 11.5 Å². The number of hydrogen-bond donors (Lipinski definition) is 5. The van der Waals surface area contributed by atoms with Crippen LogP contribution >= 0.6 is 0 Å². The second kappa shape index (κ2) is 9.75. The quantitative estimate of drug-likeness (QED) is 0.255.